The van der Waals surface area contributed by atoms with Crippen LogP contribution in [0.2, 0.25) is 0 Å². The maximum atomic E-state index is 13.0. The van der Waals surface area contributed by atoms with Crippen LogP contribution in [0.5, 0.6) is 11.5 Å². The molecule has 0 saturated heterocycles. The van der Waals surface area contributed by atoms with Crippen molar-refractivity contribution < 1.29 is 9.53 Å². The Bertz CT molecular complexity index is 1060. The molecule has 4 rings (SSSR count). The monoisotopic (exact) mass is 448 g/mol. The fourth-order valence-electron chi connectivity index (χ4n) is 5.04. The van der Waals surface area contributed by atoms with E-state index in [-0.39, 0.29) is 11.9 Å². The summed E-state index contributed by atoms with van der Waals surface area (Å²) in [6, 6.07) is 16.1. The van der Waals surface area contributed by atoms with Crippen molar-refractivity contribution in [1.29, 1.82) is 0 Å². The molecule has 2 N–H and O–H groups in total. The molecule has 1 atom stereocenters. The van der Waals surface area contributed by atoms with Crippen molar-refractivity contribution in [2.24, 2.45) is 0 Å². The predicted molar refractivity (Wildman–Crippen MR) is 133 cm³/mol. The fourth-order valence-corrected chi connectivity index (χ4v) is 5.04. The van der Waals surface area contributed by atoms with E-state index in [9.17, 15) is 4.79 Å². The summed E-state index contributed by atoms with van der Waals surface area (Å²) < 4.78 is 8.15. The van der Waals surface area contributed by atoms with E-state index in [0.29, 0.717) is 18.4 Å². The summed E-state index contributed by atoms with van der Waals surface area (Å²) in [5.74, 6) is 2.27. The number of anilines is 1. The maximum absolute atomic E-state index is 13.0. The SMILES string of the molecule is CCCC(CCC(=O)N(C)C1CCCCC1)n1c(N)nc2ccc(Oc3ccccc3)cc21. The summed E-state index contributed by atoms with van der Waals surface area (Å²) >= 11 is 0. The van der Waals surface area contributed by atoms with Crippen LogP contribution in [0.15, 0.2) is 48.5 Å². The molecule has 1 unspecified atom stereocenters. The molecule has 3 aromatic rings. The first-order valence-electron chi connectivity index (χ1n) is 12.3. The quantitative estimate of drug-likeness (QED) is 0.415. The van der Waals surface area contributed by atoms with Gasteiger partial charge in [0.25, 0.3) is 0 Å². The van der Waals surface area contributed by atoms with Gasteiger partial charge in [0.2, 0.25) is 11.9 Å². The molecule has 1 heterocycles. The Morgan fingerprint density at radius 3 is 2.61 bits per heavy atom. The van der Waals surface area contributed by atoms with E-state index in [0.717, 1.165) is 54.6 Å². The number of benzene rings is 2. The number of imidazole rings is 1. The molecular weight excluding hydrogens is 412 g/mol. The third-order valence-corrected chi connectivity index (χ3v) is 6.86. The third kappa shape index (κ3) is 5.49. The molecule has 6 nitrogen and oxygen atoms in total. The second kappa shape index (κ2) is 10.7. The summed E-state index contributed by atoms with van der Waals surface area (Å²) in [7, 11) is 1.97. The number of nitrogens with zero attached hydrogens (tertiary/aromatic N) is 3. The number of para-hydroxylation sites is 1. The third-order valence-electron chi connectivity index (χ3n) is 6.86. The van der Waals surface area contributed by atoms with E-state index in [1.807, 2.05) is 60.5 Å². The molecule has 176 valence electrons. The maximum Gasteiger partial charge on any atom is 0.222 e. The number of ether oxygens (including phenoxy) is 1. The van der Waals surface area contributed by atoms with Crippen LogP contribution >= 0.6 is 0 Å². The van der Waals surface area contributed by atoms with Crippen molar-refractivity contribution in [3.8, 4) is 11.5 Å². The number of hydrogen-bond donors (Lipinski definition) is 1. The van der Waals surface area contributed by atoms with Gasteiger partial charge in [-0.1, -0.05) is 50.8 Å². The van der Waals surface area contributed by atoms with Gasteiger partial charge < -0.3 is 19.9 Å². The number of carbonyl (C=O) groups is 1. The lowest BCUT2D eigenvalue weighted by Crippen LogP contribution is -2.38. The highest BCUT2D eigenvalue weighted by molar-refractivity contribution is 5.80. The second-order valence-corrected chi connectivity index (χ2v) is 9.18. The van der Waals surface area contributed by atoms with Gasteiger partial charge in [0.15, 0.2) is 0 Å². The minimum atomic E-state index is 0.121. The smallest absolute Gasteiger partial charge is 0.222 e. The van der Waals surface area contributed by atoms with Gasteiger partial charge in [0, 0.05) is 31.6 Å². The van der Waals surface area contributed by atoms with Crippen molar-refractivity contribution in [2.75, 3.05) is 12.8 Å². The van der Waals surface area contributed by atoms with E-state index in [4.69, 9.17) is 10.5 Å². The van der Waals surface area contributed by atoms with E-state index in [2.05, 4.69) is 16.5 Å². The fraction of sp³-hybridized carbons (Fsp3) is 0.481. The zero-order valence-corrected chi connectivity index (χ0v) is 19.9. The molecule has 1 fully saturated rings. The molecule has 1 saturated carbocycles. The summed E-state index contributed by atoms with van der Waals surface area (Å²) in [4.78, 5) is 19.6. The summed E-state index contributed by atoms with van der Waals surface area (Å²) in [5, 5.41) is 0. The largest absolute Gasteiger partial charge is 0.457 e. The molecular formula is C27H36N4O2. The molecule has 0 spiro atoms. The highest BCUT2D eigenvalue weighted by Crippen LogP contribution is 2.33. The first-order valence-corrected chi connectivity index (χ1v) is 12.3. The van der Waals surface area contributed by atoms with Crippen LogP contribution in [0.25, 0.3) is 11.0 Å². The standard InChI is InChI=1S/C27H36N4O2/c1-3-10-21(15-18-26(32)30(2)20-11-6-4-7-12-20)31-25-19-23(16-17-24(25)29-27(31)28)33-22-13-8-5-9-14-22/h5,8-9,13-14,16-17,19-21H,3-4,6-7,10-12,15,18H2,1-2H3,(H2,28,29). The average Bonchev–Trinajstić information content (AvgIpc) is 3.17. The van der Waals surface area contributed by atoms with E-state index >= 15 is 0 Å². The van der Waals surface area contributed by atoms with Gasteiger partial charge in [0.1, 0.15) is 11.5 Å². The highest BCUT2D eigenvalue weighted by Gasteiger charge is 2.24. The second-order valence-electron chi connectivity index (χ2n) is 9.18. The van der Waals surface area contributed by atoms with Gasteiger partial charge in [-0.05, 0) is 49.9 Å². The molecule has 6 heteroatoms. The Balaban J connectivity index is 1.52. The number of nitrogens with two attached hydrogens (primary N) is 1. The predicted octanol–water partition coefficient (Wildman–Crippen LogP) is 6.32. The molecule has 2 aromatic carbocycles. The van der Waals surface area contributed by atoms with Crippen LogP contribution in [0, 0.1) is 0 Å². The van der Waals surface area contributed by atoms with Crippen LogP contribution in [0.4, 0.5) is 5.95 Å². The van der Waals surface area contributed by atoms with E-state index in [1.54, 1.807) is 0 Å². The zero-order chi connectivity index (χ0) is 23.2. The molecule has 0 bridgehead atoms. The average molecular weight is 449 g/mol. The van der Waals surface area contributed by atoms with Crippen LogP contribution in [0.1, 0.15) is 70.8 Å². The number of fused-ring (bicyclic) bond motifs is 1. The lowest BCUT2D eigenvalue weighted by molar-refractivity contribution is -0.132. The van der Waals surface area contributed by atoms with Crippen LogP contribution in [-0.4, -0.2) is 33.4 Å². The molecule has 1 amide bonds. The van der Waals surface area contributed by atoms with Crippen molar-refractivity contribution in [1.82, 2.24) is 14.5 Å². The van der Waals surface area contributed by atoms with Crippen LogP contribution < -0.4 is 10.5 Å². The van der Waals surface area contributed by atoms with Crippen LogP contribution in [-0.2, 0) is 4.79 Å². The lowest BCUT2D eigenvalue weighted by Gasteiger charge is -2.32. The number of hydrogen-bond acceptors (Lipinski definition) is 4. The van der Waals surface area contributed by atoms with Crippen molar-refractivity contribution >= 4 is 22.9 Å². The normalized spacial score (nSPS) is 15.5. The zero-order valence-electron chi connectivity index (χ0n) is 19.9. The molecule has 0 aliphatic heterocycles. The van der Waals surface area contributed by atoms with Crippen LogP contribution in [0.3, 0.4) is 0 Å². The van der Waals surface area contributed by atoms with E-state index in [1.165, 1.54) is 19.3 Å². The van der Waals surface area contributed by atoms with Crippen molar-refractivity contribution in [3.63, 3.8) is 0 Å². The first-order chi connectivity index (χ1) is 16.1. The Morgan fingerprint density at radius 2 is 1.88 bits per heavy atom. The number of rotatable bonds is 9. The van der Waals surface area contributed by atoms with E-state index < -0.39 is 0 Å². The number of aromatic nitrogens is 2. The van der Waals surface area contributed by atoms with Gasteiger partial charge in [-0.3, -0.25) is 4.79 Å². The summed E-state index contributed by atoms with van der Waals surface area (Å²) in [6.45, 7) is 2.17. The van der Waals surface area contributed by atoms with Gasteiger partial charge >= 0.3 is 0 Å². The number of amides is 1. The lowest BCUT2D eigenvalue weighted by atomic mass is 9.94. The Kier molecular flexibility index (Phi) is 7.53. The van der Waals surface area contributed by atoms with Crippen molar-refractivity contribution in [3.05, 3.63) is 48.5 Å². The summed E-state index contributed by atoms with van der Waals surface area (Å²) in [6.07, 6.45) is 9.24. The minimum Gasteiger partial charge on any atom is -0.457 e. The molecule has 1 aliphatic rings. The number of nitrogen functional groups attached to an aromatic ring is 1. The molecule has 33 heavy (non-hydrogen) atoms. The van der Waals surface area contributed by atoms with Gasteiger partial charge in [-0.15, -0.1) is 0 Å². The summed E-state index contributed by atoms with van der Waals surface area (Å²) in [5.41, 5.74) is 8.18. The van der Waals surface area contributed by atoms with Gasteiger partial charge in [-0.25, -0.2) is 4.98 Å². The highest BCUT2D eigenvalue weighted by atomic mass is 16.5. The first kappa shape index (κ1) is 23.1. The number of carbonyl (C=O) groups excluding carboxylic acids is 1. The van der Waals surface area contributed by atoms with Gasteiger partial charge in [0.05, 0.1) is 11.0 Å². The molecule has 1 aromatic heterocycles. The Labute approximate surface area is 196 Å². The van der Waals surface area contributed by atoms with Gasteiger partial charge in [-0.2, -0.15) is 0 Å². The van der Waals surface area contributed by atoms with Crippen molar-refractivity contribution in [2.45, 2.75) is 76.8 Å². The Morgan fingerprint density at radius 1 is 1.12 bits per heavy atom. The topological polar surface area (TPSA) is 73.4 Å². The molecule has 1 aliphatic carbocycles. The molecule has 0 radical (unpaired) electrons. The Hall–Kier alpha value is -3.02. The minimum absolute atomic E-state index is 0.121.